The van der Waals surface area contributed by atoms with Gasteiger partial charge in [0.1, 0.15) is 20.2 Å². The fraction of sp³-hybridized carbons (Fsp3) is 0. The maximum absolute atomic E-state index is 11.5. The quantitative estimate of drug-likeness (QED) is 0.380. The molecule has 0 aliphatic rings. The molecule has 0 fully saturated rings. The van der Waals surface area contributed by atoms with Gasteiger partial charge >= 0.3 is 37.7 Å². The first-order valence-electron chi connectivity index (χ1n) is 6.05. The molecule has 0 amide bonds. The van der Waals surface area contributed by atoms with E-state index in [4.69, 9.17) is 0 Å². The fourth-order valence-corrected chi connectivity index (χ4v) is 4.37. The van der Waals surface area contributed by atoms with Crippen LogP contribution in [0.2, 0.25) is 0 Å². The molecular formula is C14H8CaO6S2. The van der Waals surface area contributed by atoms with E-state index in [1.807, 2.05) is 0 Å². The Morgan fingerprint density at radius 1 is 0.696 bits per heavy atom. The molecular weight excluding hydrogens is 368 g/mol. The molecule has 0 N–H and O–H groups in total. The summed E-state index contributed by atoms with van der Waals surface area (Å²) in [6.07, 6.45) is 0. The molecule has 9 heteroatoms. The van der Waals surface area contributed by atoms with Crippen LogP contribution in [0.1, 0.15) is 0 Å². The van der Waals surface area contributed by atoms with Crippen molar-refractivity contribution in [3.8, 4) is 0 Å². The Morgan fingerprint density at radius 3 is 1.78 bits per heavy atom. The maximum Gasteiger partial charge on any atom is 2.00 e. The van der Waals surface area contributed by atoms with Gasteiger partial charge in [0.25, 0.3) is 0 Å². The van der Waals surface area contributed by atoms with Gasteiger partial charge in [-0.15, -0.1) is 0 Å². The average Bonchev–Trinajstić information content (AvgIpc) is 2.41. The Morgan fingerprint density at radius 2 is 1.26 bits per heavy atom. The molecule has 0 saturated carbocycles. The molecule has 0 bridgehead atoms. The third kappa shape index (κ3) is 3.53. The Bertz CT molecular complexity index is 1120. The third-order valence-corrected chi connectivity index (χ3v) is 5.27. The number of hydrogen-bond donors (Lipinski definition) is 0. The smallest absolute Gasteiger partial charge is 0.744 e. The van der Waals surface area contributed by atoms with E-state index in [1.165, 1.54) is 12.1 Å². The minimum Gasteiger partial charge on any atom is -0.744 e. The summed E-state index contributed by atoms with van der Waals surface area (Å²) in [6, 6.07) is 12.2. The summed E-state index contributed by atoms with van der Waals surface area (Å²) in [6.45, 7) is 0. The predicted octanol–water partition coefficient (Wildman–Crippen LogP) is 1.42. The van der Waals surface area contributed by atoms with E-state index >= 15 is 0 Å². The Balaban J connectivity index is 0.00000192. The van der Waals surface area contributed by atoms with Crippen LogP contribution in [0.15, 0.2) is 58.3 Å². The van der Waals surface area contributed by atoms with Crippen molar-refractivity contribution in [2.75, 3.05) is 0 Å². The normalized spacial score (nSPS) is 12.3. The molecule has 0 radical (unpaired) electrons. The second kappa shape index (κ2) is 6.29. The summed E-state index contributed by atoms with van der Waals surface area (Å²) in [7, 11) is -10.2. The molecule has 0 heterocycles. The van der Waals surface area contributed by atoms with Crippen LogP contribution in [0.5, 0.6) is 0 Å². The largest absolute Gasteiger partial charge is 2.00 e. The minimum atomic E-state index is -5.14. The van der Waals surface area contributed by atoms with E-state index in [-0.39, 0.29) is 43.1 Å². The van der Waals surface area contributed by atoms with E-state index < -0.39 is 30.0 Å². The fourth-order valence-electron chi connectivity index (χ4n) is 2.42. The zero-order valence-corrected chi connectivity index (χ0v) is 15.4. The van der Waals surface area contributed by atoms with E-state index in [1.54, 1.807) is 30.3 Å². The zero-order valence-electron chi connectivity index (χ0n) is 11.6. The zero-order chi connectivity index (χ0) is 16.1. The Kier molecular flexibility index (Phi) is 5.08. The van der Waals surface area contributed by atoms with Crippen LogP contribution < -0.4 is 0 Å². The summed E-state index contributed by atoms with van der Waals surface area (Å²) in [5, 5.41) is 1.70. The molecule has 0 aliphatic heterocycles. The van der Waals surface area contributed by atoms with Crippen molar-refractivity contribution in [1.29, 1.82) is 0 Å². The van der Waals surface area contributed by atoms with Gasteiger partial charge in [0.2, 0.25) is 0 Å². The molecule has 0 aliphatic carbocycles. The van der Waals surface area contributed by atoms with Crippen LogP contribution in [-0.4, -0.2) is 63.7 Å². The average molecular weight is 376 g/mol. The predicted molar refractivity (Wildman–Crippen MR) is 83.1 cm³/mol. The van der Waals surface area contributed by atoms with Gasteiger partial charge < -0.3 is 9.11 Å². The van der Waals surface area contributed by atoms with Gasteiger partial charge in [-0.05, 0) is 34.4 Å². The van der Waals surface area contributed by atoms with Crippen LogP contribution in [0.4, 0.5) is 0 Å². The summed E-state index contributed by atoms with van der Waals surface area (Å²) in [4.78, 5) is -2.02. The van der Waals surface area contributed by atoms with Crippen molar-refractivity contribution in [3.05, 3.63) is 48.5 Å². The molecule has 114 valence electrons. The minimum absolute atomic E-state index is 0. The van der Waals surface area contributed by atoms with Crippen molar-refractivity contribution in [2.24, 2.45) is 0 Å². The molecule has 0 spiro atoms. The van der Waals surface area contributed by atoms with Crippen LogP contribution in [0, 0.1) is 0 Å². The van der Waals surface area contributed by atoms with Crippen molar-refractivity contribution < 1.29 is 25.9 Å². The van der Waals surface area contributed by atoms with Crippen molar-refractivity contribution >= 4 is 79.5 Å². The molecule has 0 aromatic heterocycles. The molecule has 3 aromatic rings. The molecule has 0 saturated heterocycles. The second-order valence-electron chi connectivity index (χ2n) is 4.72. The summed E-state index contributed by atoms with van der Waals surface area (Å²) in [5.74, 6) is 0. The van der Waals surface area contributed by atoms with Gasteiger partial charge in [-0.3, -0.25) is 0 Å². The van der Waals surface area contributed by atoms with Gasteiger partial charge in [-0.25, -0.2) is 16.8 Å². The monoisotopic (exact) mass is 376 g/mol. The van der Waals surface area contributed by atoms with Crippen molar-refractivity contribution in [1.82, 2.24) is 0 Å². The van der Waals surface area contributed by atoms with E-state index in [2.05, 4.69) is 0 Å². The molecule has 23 heavy (non-hydrogen) atoms. The third-order valence-electron chi connectivity index (χ3n) is 3.32. The molecule has 0 unspecified atom stereocenters. The van der Waals surface area contributed by atoms with Gasteiger partial charge in [0.15, 0.2) is 0 Å². The summed E-state index contributed by atoms with van der Waals surface area (Å²) < 4.78 is 68.2. The van der Waals surface area contributed by atoms with Crippen LogP contribution in [0.25, 0.3) is 21.5 Å². The summed E-state index contributed by atoms with van der Waals surface area (Å²) >= 11 is 0. The van der Waals surface area contributed by atoms with Crippen molar-refractivity contribution in [2.45, 2.75) is 9.79 Å². The number of fused-ring (bicyclic) bond motifs is 2. The number of hydrogen-bond acceptors (Lipinski definition) is 6. The van der Waals surface area contributed by atoms with E-state index in [0.29, 0.717) is 10.8 Å². The van der Waals surface area contributed by atoms with E-state index in [0.717, 1.165) is 11.5 Å². The van der Waals surface area contributed by atoms with Gasteiger partial charge in [-0.1, -0.05) is 30.3 Å². The van der Waals surface area contributed by atoms with E-state index in [9.17, 15) is 25.9 Å². The van der Waals surface area contributed by atoms with Gasteiger partial charge in [-0.2, -0.15) is 0 Å². The molecule has 3 rings (SSSR count). The topological polar surface area (TPSA) is 114 Å². The van der Waals surface area contributed by atoms with Crippen LogP contribution in [0.3, 0.4) is 0 Å². The SMILES string of the molecule is O=S(=O)([O-])c1ccc2cc3ccccc3cc2c1S(=O)(=O)[O-].[Ca+2]. The summed E-state index contributed by atoms with van der Waals surface area (Å²) in [5.41, 5.74) is 0. The molecule has 6 nitrogen and oxygen atoms in total. The molecule has 3 aromatic carbocycles. The maximum atomic E-state index is 11.5. The van der Waals surface area contributed by atoms with Gasteiger partial charge in [0.05, 0.1) is 9.79 Å². The first kappa shape index (κ1) is 18.6. The number of rotatable bonds is 2. The Labute approximate surface area is 162 Å². The standard InChI is InChI=1S/C14H10O6S2.Ca/c15-21(16,17)13-6-5-11-7-9-3-1-2-4-10(9)8-12(11)14(13)22(18,19)20;/h1-8H,(H,15,16,17)(H,18,19,20);/q;+2/p-2. The first-order chi connectivity index (χ1) is 10.2. The van der Waals surface area contributed by atoms with Crippen LogP contribution in [-0.2, 0) is 20.2 Å². The van der Waals surface area contributed by atoms with Crippen LogP contribution >= 0.6 is 0 Å². The van der Waals surface area contributed by atoms with Crippen molar-refractivity contribution in [3.63, 3.8) is 0 Å². The number of benzene rings is 3. The second-order valence-corrected chi connectivity index (χ2v) is 7.39. The first-order valence-corrected chi connectivity index (χ1v) is 8.87. The molecule has 0 atom stereocenters. The Hall–Kier alpha value is -0.740. The van der Waals surface area contributed by atoms with Gasteiger partial charge in [0, 0.05) is 5.39 Å².